The van der Waals surface area contributed by atoms with E-state index in [4.69, 9.17) is 0 Å². The summed E-state index contributed by atoms with van der Waals surface area (Å²) in [5.74, 6) is -0.841. The van der Waals surface area contributed by atoms with E-state index in [1.807, 2.05) is 24.3 Å². The van der Waals surface area contributed by atoms with Crippen LogP contribution in [0.5, 0.6) is 0 Å². The maximum absolute atomic E-state index is 13.1. The summed E-state index contributed by atoms with van der Waals surface area (Å²) in [4.78, 5) is 33.6. The molecule has 2 amide bonds. The van der Waals surface area contributed by atoms with Crippen molar-refractivity contribution in [1.82, 2.24) is 9.88 Å². The van der Waals surface area contributed by atoms with Crippen molar-refractivity contribution in [3.05, 3.63) is 59.9 Å². The van der Waals surface area contributed by atoms with Gasteiger partial charge in [0.05, 0.1) is 16.1 Å². The van der Waals surface area contributed by atoms with Crippen molar-refractivity contribution in [3.8, 4) is 0 Å². The molecule has 1 aliphatic rings. The maximum atomic E-state index is 13.1. The molecule has 0 radical (unpaired) electrons. The van der Waals surface area contributed by atoms with Crippen molar-refractivity contribution >= 4 is 38.5 Å². The third kappa shape index (κ3) is 3.62. The molecule has 0 bridgehead atoms. The third-order valence-electron chi connectivity index (χ3n) is 5.05. The van der Waals surface area contributed by atoms with Gasteiger partial charge in [-0.25, -0.2) is 9.37 Å². The summed E-state index contributed by atoms with van der Waals surface area (Å²) in [6.07, 6.45) is 1.50. The molecule has 1 saturated heterocycles. The number of benzene rings is 2. The van der Waals surface area contributed by atoms with E-state index in [1.165, 1.54) is 35.6 Å². The van der Waals surface area contributed by atoms with Gasteiger partial charge in [-0.2, -0.15) is 0 Å². The van der Waals surface area contributed by atoms with E-state index in [-0.39, 0.29) is 23.5 Å². The zero-order valence-electron chi connectivity index (χ0n) is 15.5. The Bertz CT molecular complexity index is 985. The molecule has 0 spiro atoms. The fourth-order valence-electron chi connectivity index (χ4n) is 3.51. The van der Waals surface area contributed by atoms with Gasteiger partial charge in [-0.1, -0.05) is 23.5 Å². The van der Waals surface area contributed by atoms with E-state index in [9.17, 15) is 14.0 Å². The first-order chi connectivity index (χ1) is 13.5. The number of anilines is 1. The second-order valence-corrected chi connectivity index (χ2v) is 7.97. The Morgan fingerprint density at radius 1 is 1.18 bits per heavy atom. The minimum Gasteiger partial charge on any atom is -0.338 e. The van der Waals surface area contributed by atoms with Gasteiger partial charge >= 0.3 is 0 Å². The molecule has 0 aliphatic carbocycles. The van der Waals surface area contributed by atoms with Gasteiger partial charge in [0.25, 0.3) is 5.91 Å². The van der Waals surface area contributed by atoms with E-state index >= 15 is 0 Å². The third-order valence-corrected chi connectivity index (χ3v) is 6.16. The normalized spacial score (nSPS) is 16.9. The number of para-hydroxylation sites is 1. The van der Waals surface area contributed by atoms with Gasteiger partial charge in [-0.05, 0) is 49.2 Å². The van der Waals surface area contributed by atoms with Crippen molar-refractivity contribution in [2.24, 2.45) is 5.92 Å². The van der Waals surface area contributed by atoms with Crippen LogP contribution in [0.15, 0.2) is 48.5 Å². The smallest absolute Gasteiger partial charge is 0.253 e. The van der Waals surface area contributed by atoms with Crippen LogP contribution in [0, 0.1) is 11.7 Å². The molecule has 0 saturated carbocycles. The number of carbonyl (C=O) groups is 2. The van der Waals surface area contributed by atoms with Crippen LogP contribution >= 0.6 is 11.3 Å². The molecule has 1 aromatic heterocycles. The second-order valence-electron chi connectivity index (χ2n) is 6.96. The van der Waals surface area contributed by atoms with Crippen molar-refractivity contribution in [1.29, 1.82) is 0 Å². The monoisotopic (exact) mass is 397 g/mol. The first-order valence-electron chi connectivity index (χ1n) is 9.21. The molecule has 2 heterocycles. The number of carbonyl (C=O) groups excluding carboxylic acids is 2. The topological polar surface area (TPSA) is 53.5 Å². The highest BCUT2D eigenvalue weighted by Crippen LogP contribution is 2.30. The summed E-state index contributed by atoms with van der Waals surface area (Å²) in [6, 6.07) is 13.3. The minimum atomic E-state index is -0.374. The molecule has 1 atom stereocenters. The average molecular weight is 397 g/mol. The van der Waals surface area contributed by atoms with Crippen LogP contribution in [-0.4, -0.2) is 41.8 Å². The average Bonchev–Trinajstić information content (AvgIpc) is 3.17. The molecule has 1 aliphatic heterocycles. The molecule has 4 rings (SSSR count). The molecule has 1 unspecified atom stereocenters. The SMILES string of the molecule is CN(C(=O)C1CCCN(C(=O)c2ccc(F)cc2)C1)c1nc2ccccc2s1. The number of hydrogen-bond donors (Lipinski definition) is 0. The summed E-state index contributed by atoms with van der Waals surface area (Å²) in [5.41, 5.74) is 1.31. The summed E-state index contributed by atoms with van der Waals surface area (Å²) >= 11 is 1.48. The van der Waals surface area contributed by atoms with Crippen LogP contribution in [0.2, 0.25) is 0 Å². The van der Waals surface area contributed by atoms with Gasteiger partial charge in [-0.3, -0.25) is 14.5 Å². The summed E-state index contributed by atoms with van der Waals surface area (Å²) in [6.45, 7) is 0.967. The van der Waals surface area contributed by atoms with Crippen LogP contribution in [0.1, 0.15) is 23.2 Å². The number of hydrogen-bond acceptors (Lipinski definition) is 4. The van der Waals surface area contributed by atoms with Gasteiger partial charge < -0.3 is 4.90 Å². The van der Waals surface area contributed by atoms with E-state index in [0.29, 0.717) is 23.8 Å². The van der Waals surface area contributed by atoms with E-state index in [0.717, 1.165) is 23.1 Å². The van der Waals surface area contributed by atoms with Crippen LogP contribution in [0.25, 0.3) is 10.2 Å². The molecule has 28 heavy (non-hydrogen) atoms. The Hall–Kier alpha value is -2.80. The first kappa shape index (κ1) is 18.6. The molecule has 5 nitrogen and oxygen atoms in total. The Labute approximate surface area is 166 Å². The standard InChI is InChI=1S/C21H20FN3O2S/c1-24(21-23-17-6-2-3-7-18(17)28-21)19(26)15-5-4-12-25(13-15)20(27)14-8-10-16(22)11-9-14/h2-3,6-11,15H,4-5,12-13H2,1H3. The zero-order valence-corrected chi connectivity index (χ0v) is 16.3. The quantitative estimate of drug-likeness (QED) is 0.672. The highest BCUT2D eigenvalue weighted by Gasteiger charge is 2.31. The first-order valence-corrected chi connectivity index (χ1v) is 10.0. The fraction of sp³-hybridized carbons (Fsp3) is 0.286. The lowest BCUT2D eigenvalue weighted by molar-refractivity contribution is -0.123. The molecule has 0 N–H and O–H groups in total. The largest absolute Gasteiger partial charge is 0.338 e. The summed E-state index contributed by atoms with van der Waals surface area (Å²) in [7, 11) is 1.74. The highest BCUT2D eigenvalue weighted by molar-refractivity contribution is 7.22. The van der Waals surface area contributed by atoms with E-state index in [1.54, 1.807) is 16.8 Å². The predicted octanol–water partition coefficient (Wildman–Crippen LogP) is 3.95. The van der Waals surface area contributed by atoms with Crippen molar-refractivity contribution in [2.75, 3.05) is 25.0 Å². The van der Waals surface area contributed by atoms with Crippen molar-refractivity contribution < 1.29 is 14.0 Å². The molecular weight excluding hydrogens is 377 g/mol. The lowest BCUT2D eigenvalue weighted by atomic mass is 9.96. The molecule has 1 fully saturated rings. The number of piperidine rings is 1. The van der Waals surface area contributed by atoms with Crippen LogP contribution < -0.4 is 4.90 Å². The van der Waals surface area contributed by atoms with Gasteiger partial charge in [0.15, 0.2) is 5.13 Å². The Kier molecular flexibility index (Phi) is 5.09. The Balaban J connectivity index is 1.48. The molecule has 7 heteroatoms. The van der Waals surface area contributed by atoms with Crippen LogP contribution in [0.3, 0.4) is 0 Å². The van der Waals surface area contributed by atoms with Gasteiger partial charge in [-0.15, -0.1) is 0 Å². The minimum absolute atomic E-state index is 0.0318. The van der Waals surface area contributed by atoms with Gasteiger partial charge in [0, 0.05) is 25.7 Å². The Morgan fingerprint density at radius 2 is 1.93 bits per heavy atom. The predicted molar refractivity (Wildman–Crippen MR) is 108 cm³/mol. The number of likely N-dealkylation sites (tertiary alicyclic amines) is 1. The van der Waals surface area contributed by atoms with Crippen molar-refractivity contribution in [2.45, 2.75) is 12.8 Å². The Morgan fingerprint density at radius 3 is 2.68 bits per heavy atom. The number of aromatic nitrogens is 1. The van der Waals surface area contributed by atoms with E-state index < -0.39 is 0 Å². The maximum Gasteiger partial charge on any atom is 0.253 e. The van der Waals surface area contributed by atoms with Crippen LogP contribution in [0.4, 0.5) is 9.52 Å². The number of nitrogens with zero attached hydrogens (tertiary/aromatic N) is 3. The number of thiazole rings is 1. The summed E-state index contributed by atoms with van der Waals surface area (Å²) < 4.78 is 14.1. The van der Waals surface area contributed by atoms with E-state index in [2.05, 4.69) is 4.98 Å². The highest BCUT2D eigenvalue weighted by atomic mass is 32.1. The van der Waals surface area contributed by atoms with Gasteiger partial charge in [0.1, 0.15) is 5.82 Å². The number of fused-ring (bicyclic) bond motifs is 1. The van der Waals surface area contributed by atoms with Crippen LogP contribution in [-0.2, 0) is 4.79 Å². The molecule has 3 aromatic rings. The molecular formula is C21H20FN3O2S. The molecule has 144 valence electrons. The molecule has 2 aromatic carbocycles. The summed E-state index contributed by atoms with van der Waals surface area (Å²) in [5, 5.41) is 0.660. The number of halogens is 1. The van der Waals surface area contributed by atoms with Crippen molar-refractivity contribution in [3.63, 3.8) is 0 Å². The lowest BCUT2D eigenvalue weighted by Gasteiger charge is -2.33. The lowest BCUT2D eigenvalue weighted by Crippen LogP contribution is -2.46. The number of amides is 2. The second kappa shape index (κ2) is 7.67. The zero-order chi connectivity index (χ0) is 19.7. The van der Waals surface area contributed by atoms with Gasteiger partial charge in [0.2, 0.25) is 5.91 Å². The fourth-order valence-corrected chi connectivity index (χ4v) is 4.44. The number of rotatable bonds is 3.